The number of piperazine rings is 1. The van der Waals surface area contributed by atoms with Gasteiger partial charge in [0.05, 0.1) is 27.3 Å². The number of nitrogens with zero attached hydrogens (tertiary/aromatic N) is 4. The van der Waals surface area contributed by atoms with Gasteiger partial charge in [0, 0.05) is 44.2 Å². The van der Waals surface area contributed by atoms with Crippen molar-refractivity contribution in [2.45, 2.75) is 39.0 Å². The van der Waals surface area contributed by atoms with Crippen molar-refractivity contribution < 1.29 is 14.3 Å². The van der Waals surface area contributed by atoms with Gasteiger partial charge in [-0.1, -0.05) is 11.6 Å². The van der Waals surface area contributed by atoms with Gasteiger partial charge in [0.15, 0.2) is 0 Å². The minimum Gasteiger partial charge on any atom is -0.490 e. The van der Waals surface area contributed by atoms with Gasteiger partial charge in [-0.25, -0.2) is 4.79 Å². The van der Waals surface area contributed by atoms with Crippen molar-refractivity contribution in [2.75, 3.05) is 26.2 Å². The summed E-state index contributed by atoms with van der Waals surface area (Å²) in [5, 5.41) is 5.94. The average Bonchev–Trinajstić information content (AvgIpc) is 2.89. The van der Waals surface area contributed by atoms with Crippen molar-refractivity contribution in [1.29, 1.82) is 0 Å². The smallest absolute Gasteiger partial charge is 0.410 e. The third-order valence-corrected chi connectivity index (χ3v) is 6.58. The Kier molecular flexibility index (Phi) is 5.00. The molecule has 0 saturated carbocycles. The summed E-state index contributed by atoms with van der Waals surface area (Å²) in [5.74, 6) is 0.697. The van der Waals surface area contributed by atoms with Gasteiger partial charge in [-0.2, -0.15) is 5.10 Å². The van der Waals surface area contributed by atoms with E-state index in [1.807, 2.05) is 38.7 Å². The number of carbonyl (C=O) groups excluding carboxylic acids is 1. The van der Waals surface area contributed by atoms with Crippen LogP contribution in [0.15, 0.2) is 10.7 Å². The lowest BCUT2D eigenvalue weighted by molar-refractivity contribution is -0.00151. The van der Waals surface area contributed by atoms with E-state index in [0.29, 0.717) is 37.0 Å². The maximum Gasteiger partial charge on any atom is 0.410 e. The molecule has 1 amide bonds. The first kappa shape index (κ1) is 19.8. The van der Waals surface area contributed by atoms with Crippen molar-refractivity contribution in [2.24, 2.45) is 7.05 Å². The zero-order chi connectivity index (χ0) is 20.2. The fourth-order valence-corrected chi connectivity index (χ4v) is 4.59. The second-order valence-electron chi connectivity index (χ2n) is 8.33. The molecule has 7 nitrogen and oxygen atoms in total. The fourth-order valence-electron chi connectivity index (χ4n) is 3.85. The predicted octanol–water partition coefficient (Wildman–Crippen LogP) is 3.80. The van der Waals surface area contributed by atoms with Crippen LogP contribution in [0.5, 0.6) is 5.75 Å². The van der Waals surface area contributed by atoms with Crippen LogP contribution in [0, 0.1) is 0 Å². The first-order valence-electron chi connectivity index (χ1n) is 9.32. The highest BCUT2D eigenvalue weighted by Crippen LogP contribution is 2.44. The van der Waals surface area contributed by atoms with Crippen LogP contribution in [-0.2, 0) is 18.3 Å². The molecular weight excluding hydrogens is 448 g/mol. The number of amides is 1. The summed E-state index contributed by atoms with van der Waals surface area (Å²) in [7, 11) is 1.92. The zero-order valence-electron chi connectivity index (χ0n) is 16.5. The second kappa shape index (κ2) is 7.07. The molecule has 1 aromatic carbocycles. The van der Waals surface area contributed by atoms with Crippen LogP contribution in [0.25, 0.3) is 10.9 Å². The predicted molar refractivity (Wildman–Crippen MR) is 111 cm³/mol. The Hall–Kier alpha value is -1.51. The van der Waals surface area contributed by atoms with Crippen molar-refractivity contribution in [3.8, 4) is 5.75 Å². The molecule has 0 spiro atoms. The highest BCUT2D eigenvalue weighted by molar-refractivity contribution is 9.10. The Labute approximate surface area is 177 Å². The molecule has 1 atom stereocenters. The topological polar surface area (TPSA) is 59.8 Å². The summed E-state index contributed by atoms with van der Waals surface area (Å²) in [6.07, 6.45) is 1.54. The number of carbonyl (C=O) groups is 1. The minimum atomic E-state index is -0.505. The normalized spacial score (nSPS) is 20.4. The van der Waals surface area contributed by atoms with Crippen molar-refractivity contribution in [3.05, 3.63) is 21.3 Å². The molecule has 28 heavy (non-hydrogen) atoms. The van der Waals surface area contributed by atoms with Gasteiger partial charge in [0.25, 0.3) is 0 Å². The Morgan fingerprint density at radius 1 is 1.39 bits per heavy atom. The average molecular weight is 472 g/mol. The van der Waals surface area contributed by atoms with Crippen LogP contribution in [0.1, 0.15) is 26.3 Å². The van der Waals surface area contributed by atoms with Gasteiger partial charge < -0.3 is 14.4 Å². The van der Waals surface area contributed by atoms with Crippen LogP contribution in [0.2, 0.25) is 5.02 Å². The lowest BCUT2D eigenvalue weighted by Crippen LogP contribution is -2.56. The number of halogens is 2. The van der Waals surface area contributed by atoms with E-state index >= 15 is 0 Å². The van der Waals surface area contributed by atoms with E-state index in [4.69, 9.17) is 21.1 Å². The Balaban J connectivity index is 1.62. The number of hydrogen-bond acceptors (Lipinski definition) is 5. The van der Waals surface area contributed by atoms with Gasteiger partial charge in [0.1, 0.15) is 18.0 Å². The summed E-state index contributed by atoms with van der Waals surface area (Å²) in [6.45, 7) is 8.74. The van der Waals surface area contributed by atoms with Gasteiger partial charge in [-0.05, 0) is 36.7 Å². The summed E-state index contributed by atoms with van der Waals surface area (Å²) in [4.78, 5) is 16.6. The summed E-state index contributed by atoms with van der Waals surface area (Å²) in [5.41, 5.74) is 1.55. The lowest BCUT2D eigenvalue weighted by Gasteiger charge is -2.40. The molecule has 3 heterocycles. The molecule has 2 aliphatic heterocycles. The first-order chi connectivity index (χ1) is 13.2. The molecule has 1 saturated heterocycles. The minimum absolute atomic E-state index is 0.0757. The second-order valence-corrected chi connectivity index (χ2v) is 9.50. The van der Waals surface area contributed by atoms with Crippen LogP contribution in [-0.4, -0.2) is 63.6 Å². The maximum atomic E-state index is 12.5. The molecule has 0 N–H and O–H groups in total. The van der Waals surface area contributed by atoms with Crippen LogP contribution < -0.4 is 4.74 Å². The van der Waals surface area contributed by atoms with E-state index in [-0.39, 0.29) is 12.1 Å². The van der Waals surface area contributed by atoms with Crippen molar-refractivity contribution >= 4 is 44.5 Å². The number of ether oxygens (including phenoxy) is 2. The van der Waals surface area contributed by atoms with Gasteiger partial charge >= 0.3 is 6.09 Å². The third-order valence-electron chi connectivity index (χ3n) is 5.16. The van der Waals surface area contributed by atoms with Crippen LogP contribution in [0.4, 0.5) is 4.79 Å². The molecule has 1 fully saturated rings. The zero-order valence-corrected chi connectivity index (χ0v) is 18.8. The standard InChI is InChI=1S/C19H24BrClN4O3/c1-19(2,3)28-18(26)25-6-5-24-9-13-16-12(7-22-23(16)4)14(20)15(21)17(13)27-10-11(24)8-25/h7,11H,5-6,8-10H2,1-4H3/t11-/m1/s1. The van der Waals surface area contributed by atoms with Gasteiger partial charge in [0.2, 0.25) is 0 Å². The molecule has 152 valence electrons. The molecule has 4 rings (SSSR count). The summed E-state index contributed by atoms with van der Waals surface area (Å²) >= 11 is 10.2. The number of rotatable bonds is 0. The summed E-state index contributed by atoms with van der Waals surface area (Å²) < 4.78 is 14.4. The van der Waals surface area contributed by atoms with Gasteiger partial charge in [-0.3, -0.25) is 9.58 Å². The number of hydrogen-bond donors (Lipinski definition) is 0. The highest BCUT2D eigenvalue weighted by Gasteiger charge is 2.36. The largest absolute Gasteiger partial charge is 0.490 e. The molecule has 1 aromatic heterocycles. The quantitative estimate of drug-likeness (QED) is 0.585. The maximum absolute atomic E-state index is 12.5. The Bertz CT molecular complexity index is 940. The van der Waals surface area contributed by atoms with Crippen LogP contribution >= 0.6 is 27.5 Å². The molecule has 0 unspecified atom stereocenters. The molecule has 2 aromatic rings. The SMILES string of the molecule is Cn1ncc2c(Br)c(Cl)c3c(c21)CN1CCN(C(=O)OC(C)(C)C)C[C@@H]1CO3. The van der Waals surface area contributed by atoms with E-state index in [2.05, 4.69) is 25.9 Å². The molecule has 2 aliphatic rings. The molecule has 0 aliphatic carbocycles. The van der Waals surface area contributed by atoms with E-state index in [1.165, 1.54) is 0 Å². The molecular formula is C19H24BrClN4O3. The lowest BCUT2D eigenvalue weighted by atomic mass is 10.1. The number of aromatic nitrogens is 2. The van der Waals surface area contributed by atoms with E-state index in [9.17, 15) is 4.79 Å². The number of aryl methyl sites for hydroxylation is 1. The van der Waals surface area contributed by atoms with Gasteiger partial charge in [-0.15, -0.1) is 0 Å². The molecule has 0 radical (unpaired) electrons. The third kappa shape index (κ3) is 3.46. The van der Waals surface area contributed by atoms with Crippen molar-refractivity contribution in [1.82, 2.24) is 19.6 Å². The Morgan fingerprint density at radius 2 is 2.14 bits per heavy atom. The van der Waals surface area contributed by atoms with Crippen LogP contribution in [0.3, 0.4) is 0 Å². The van der Waals surface area contributed by atoms with E-state index < -0.39 is 5.60 Å². The molecule has 9 heteroatoms. The fraction of sp³-hybridized carbons (Fsp3) is 0.579. The first-order valence-corrected chi connectivity index (χ1v) is 10.5. The number of benzene rings is 1. The highest BCUT2D eigenvalue weighted by atomic mass is 79.9. The summed E-state index contributed by atoms with van der Waals surface area (Å²) in [6, 6.07) is 0.0757. The number of fused-ring (bicyclic) bond motifs is 4. The van der Waals surface area contributed by atoms with Crippen molar-refractivity contribution in [3.63, 3.8) is 0 Å². The van der Waals surface area contributed by atoms with E-state index in [0.717, 1.165) is 27.5 Å². The Morgan fingerprint density at radius 3 is 2.86 bits per heavy atom. The van der Waals surface area contributed by atoms with E-state index in [1.54, 1.807) is 4.90 Å². The molecule has 0 bridgehead atoms. The monoisotopic (exact) mass is 470 g/mol.